The summed E-state index contributed by atoms with van der Waals surface area (Å²) >= 11 is 0. The van der Waals surface area contributed by atoms with Gasteiger partial charge >= 0.3 is 0 Å². The van der Waals surface area contributed by atoms with Gasteiger partial charge in [0.2, 0.25) is 0 Å². The van der Waals surface area contributed by atoms with Gasteiger partial charge in [-0.2, -0.15) is 0 Å². The van der Waals surface area contributed by atoms with Crippen LogP contribution in [-0.2, 0) is 9.47 Å². The molecule has 0 bridgehead atoms. The number of hydrogen-bond donors (Lipinski definition) is 0. The zero-order chi connectivity index (χ0) is 8.28. The van der Waals surface area contributed by atoms with Crippen LogP contribution in [0, 0.1) is 0 Å². The van der Waals surface area contributed by atoms with Gasteiger partial charge in [-0.15, -0.1) is 0 Å². The summed E-state index contributed by atoms with van der Waals surface area (Å²) in [7, 11) is 0. The summed E-state index contributed by atoms with van der Waals surface area (Å²) in [6, 6.07) is 0. The van der Waals surface area contributed by atoms with E-state index in [1.165, 1.54) is 38.5 Å². The molecule has 12 heavy (non-hydrogen) atoms. The maximum absolute atomic E-state index is 5.86. The largest absolute Gasteiger partial charge is 0.378 e. The molecule has 2 aliphatic heterocycles. The molecule has 1 unspecified atom stereocenters. The molecular weight excluding hydrogens is 152 g/mol. The van der Waals surface area contributed by atoms with Crippen molar-refractivity contribution in [1.82, 2.24) is 0 Å². The van der Waals surface area contributed by atoms with E-state index in [1.54, 1.807) is 0 Å². The van der Waals surface area contributed by atoms with Crippen molar-refractivity contribution in [2.75, 3.05) is 19.8 Å². The molecule has 2 nitrogen and oxygen atoms in total. The van der Waals surface area contributed by atoms with E-state index in [2.05, 4.69) is 0 Å². The first-order valence-corrected chi connectivity index (χ1v) is 5.13. The van der Waals surface area contributed by atoms with Crippen molar-refractivity contribution >= 4 is 0 Å². The van der Waals surface area contributed by atoms with Crippen LogP contribution >= 0.6 is 0 Å². The number of rotatable bonds is 0. The Balaban J connectivity index is 1.95. The molecule has 0 radical (unpaired) electrons. The Morgan fingerprint density at radius 2 is 1.58 bits per heavy atom. The van der Waals surface area contributed by atoms with Crippen molar-refractivity contribution in [1.29, 1.82) is 0 Å². The third-order valence-electron chi connectivity index (χ3n) is 2.97. The molecule has 2 saturated heterocycles. The van der Waals surface area contributed by atoms with Crippen LogP contribution in [0.5, 0.6) is 0 Å². The molecule has 2 rings (SSSR count). The Morgan fingerprint density at radius 3 is 2.33 bits per heavy atom. The van der Waals surface area contributed by atoms with E-state index < -0.39 is 0 Å². The molecule has 2 aliphatic rings. The second-order valence-corrected chi connectivity index (χ2v) is 4.00. The van der Waals surface area contributed by atoms with Crippen molar-refractivity contribution in [3.8, 4) is 0 Å². The Labute approximate surface area is 74.2 Å². The van der Waals surface area contributed by atoms with Gasteiger partial charge in [-0.25, -0.2) is 0 Å². The number of hydrogen-bond acceptors (Lipinski definition) is 2. The monoisotopic (exact) mass is 170 g/mol. The highest BCUT2D eigenvalue weighted by atomic mass is 16.5. The third-order valence-corrected chi connectivity index (χ3v) is 2.97. The Morgan fingerprint density at radius 1 is 0.833 bits per heavy atom. The molecule has 2 heterocycles. The molecule has 0 aromatic carbocycles. The van der Waals surface area contributed by atoms with Crippen molar-refractivity contribution in [3.63, 3.8) is 0 Å². The summed E-state index contributed by atoms with van der Waals surface area (Å²) < 4.78 is 11.4. The summed E-state index contributed by atoms with van der Waals surface area (Å²) in [6.07, 6.45) is 7.48. The first-order chi connectivity index (χ1) is 5.91. The van der Waals surface area contributed by atoms with Crippen LogP contribution in [0.3, 0.4) is 0 Å². The molecule has 0 aromatic heterocycles. The van der Waals surface area contributed by atoms with Gasteiger partial charge in [0.15, 0.2) is 0 Å². The summed E-state index contributed by atoms with van der Waals surface area (Å²) in [5.41, 5.74) is 0.120. The average Bonchev–Trinajstić information content (AvgIpc) is 2.33. The van der Waals surface area contributed by atoms with Crippen molar-refractivity contribution in [2.45, 2.75) is 44.1 Å². The van der Waals surface area contributed by atoms with E-state index >= 15 is 0 Å². The van der Waals surface area contributed by atoms with Gasteiger partial charge in [0, 0.05) is 13.2 Å². The van der Waals surface area contributed by atoms with Crippen molar-refractivity contribution in [3.05, 3.63) is 0 Å². The molecule has 2 fully saturated rings. The van der Waals surface area contributed by atoms with Gasteiger partial charge in [-0.3, -0.25) is 0 Å². The normalized spacial score (nSPS) is 38.0. The minimum Gasteiger partial charge on any atom is -0.378 e. The second kappa shape index (κ2) is 3.75. The van der Waals surface area contributed by atoms with Gasteiger partial charge in [0.05, 0.1) is 12.2 Å². The topological polar surface area (TPSA) is 18.5 Å². The fourth-order valence-electron chi connectivity index (χ4n) is 2.20. The zero-order valence-electron chi connectivity index (χ0n) is 7.68. The van der Waals surface area contributed by atoms with Crippen LogP contribution in [0.25, 0.3) is 0 Å². The molecule has 0 saturated carbocycles. The summed E-state index contributed by atoms with van der Waals surface area (Å²) in [6.45, 7) is 2.72. The minimum absolute atomic E-state index is 0.120. The fourth-order valence-corrected chi connectivity index (χ4v) is 2.20. The van der Waals surface area contributed by atoms with Crippen LogP contribution in [0.15, 0.2) is 0 Å². The molecule has 70 valence electrons. The summed E-state index contributed by atoms with van der Waals surface area (Å²) in [5.74, 6) is 0. The lowest BCUT2D eigenvalue weighted by Crippen LogP contribution is -2.39. The molecule has 1 spiro atoms. The molecule has 0 aromatic rings. The molecule has 0 amide bonds. The predicted molar refractivity (Wildman–Crippen MR) is 47.2 cm³/mol. The van der Waals surface area contributed by atoms with Gasteiger partial charge in [0.1, 0.15) is 0 Å². The maximum Gasteiger partial charge on any atom is 0.0914 e. The first kappa shape index (κ1) is 8.52. The number of ether oxygens (including phenoxy) is 2. The highest BCUT2D eigenvalue weighted by Gasteiger charge is 2.34. The molecule has 2 heteroatoms. The lowest BCUT2D eigenvalue weighted by molar-refractivity contribution is -0.118. The van der Waals surface area contributed by atoms with Crippen LogP contribution in [0.4, 0.5) is 0 Å². The lowest BCUT2D eigenvalue weighted by Gasteiger charge is -2.35. The highest BCUT2D eigenvalue weighted by Crippen LogP contribution is 2.31. The Hall–Kier alpha value is -0.0800. The van der Waals surface area contributed by atoms with E-state index in [0.717, 1.165) is 19.8 Å². The standard InChI is InChI=1S/C10H18O2/c1-3-7-11-9-10(5-1)6-2-4-8-12-10/h1-9H2. The smallest absolute Gasteiger partial charge is 0.0914 e. The second-order valence-electron chi connectivity index (χ2n) is 4.00. The molecule has 1 atom stereocenters. The van der Waals surface area contributed by atoms with Crippen LogP contribution < -0.4 is 0 Å². The van der Waals surface area contributed by atoms with Gasteiger partial charge in [-0.05, 0) is 38.5 Å². The van der Waals surface area contributed by atoms with Crippen LogP contribution in [0.1, 0.15) is 38.5 Å². The fraction of sp³-hybridized carbons (Fsp3) is 1.00. The van der Waals surface area contributed by atoms with Crippen molar-refractivity contribution < 1.29 is 9.47 Å². The minimum atomic E-state index is 0.120. The van der Waals surface area contributed by atoms with Crippen LogP contribution in [-0.4, -0.2) is 25.4 Å². The molecule has 0 aliphatic carbocycles. The lowest BCUT2D eigenvalue weighted by atomic mass is 9.90. The molecular formula is C10H18O2. The van der Waals surface area contributed by atoms with E-state index in [0.29, 0.717) is 0 Å². The Bertz CT molecular complexity index is 129. The quantitative estimate of drug-likeness (QED) is 0.554. The van der Waals surface area contributed by atoms with E-state index in [-0.39, 0.29) is 5.60 Å². The summed E-state index contributed by atoms with van der Waals surface area (Å²) in [5, 5.41) is 0. The molecule has 0 N–H and O–H groups in total. The maximum atomic E-state index is 5.86. The predicted octanol–water partition coefficient (Wildman–Crippen LogP) is 2.13. The first-order valence-electron chi connectivity index (χ1n) is 5.13. The van der Waals surface area contributed by atoms with Crippen molar-refractivity contribution in [2.24, 2.45) is 0 Å². The van der Waals surface area contributed by atoms with Gasteiger partial charge in [-0.1, -0.05) is 0 Å². The average molecular weight is 170 g/mol. The van der Waals surface area contributed by atoms with E-state index in [9.17, 15) is 0 Å². The zero-order valence-corrected chi connectivity index (χ0v) is 7.68. The van der Waals surface area contributed by atoms with E-state index in [4.69, 9.17) is 9.47 Å². The SMILES string of the molecule is C1CCC2(CCCCO2)COC1. The summed E-state index contributed by atoms with van der Waals surface area (Å²) in [4.78, 5) is 0. The highest BCUT2D eigenvalue weighted by molar-refractivity contribution is 4.84. The third kappa shape index (κ3) is 1.80. The van der Waals surface area contributed by atoms with E-state index in [1.807, 2.05) is 0 Å². The Kier molecular flexibility index (Phi) is 2.66. The van der Waals surface area contributed by atoms with Gasteiger partial charge in [0.25, 0.3) is 0 Å². The van der Waals surface area contributed by atoms with Gasteiger partial charge < -0.3 is 9.47 Å². The van der Waals surface area contributed by atoms with Crippen LogP contribution in [0.2, 0.25) is 0 Å².